The normalized spacial score (nSPS) is 10.3. The number of aromatic nitrogens is 2. The highest BCUT2D eigenvalue weighted by molar-refractivity contribution is 14.1. The van der Waals surface area contributed by atoms with Crippen molar-refractivity contribution in [2.24, 2.45) is 0 Å². The van der Waals surface area contributed by atoms with Gasteiger partial charge < -0.3 is 4.74 Å². The van der Waals surface area contributed by atoms with Crippen LogP contribution in [0.3, 0.4) is 0 Å². The van der Waals surface area contributed by atoms with Gasteiger partial charge in [-0.3, -0.25) is 0 Å². The molecule has 1 heterocycles. The van der Waals surface area contributed by atoms with E-state index in [9.17, 15) is 0 Å². The molecule has 0 unspecified atom stereocenters. The second kappa shape index (κ2) is 5.64. The summed E-state index contributed by atoms with van der Waals surface area (Å²) < 4.78 is 6.52. The lowest BCUT2D eigenvalue weighted by molar-refractivity contribution is 0.441. The molecule has 2 rings (SSSR count). The average Bonchev–Trinajstić information content (AvgIpc) is 2.34. The fourth-order valence-electron chi connectivity index (χ4n) is 1.34. The van der Waals surface area contributed by atoms with Crippen molar-refractivity contribution in [1.29, 1.82) is 0 Å². The van der Waals surface area contributed by atoms with E-state index in [1.165, 1.54) is 0 Å². The number of ether oxygens (including phenoxy) is 1. The number of halogens is 2. The minimum atomic E-state index is 0.342. The molecule has 0 aliphatic heterocycles. The minimum Gasteiger partial charge on any atom is -0.424 e. The Kier molecular flexibility index (Phi) is 4.17. The molecule has 0 N–H and O–H groups in total. The van der Waals surface area contributed by atoms with Gasteiger partial charge in [-0.25, -0.2) is 9.97 Å². The zero-order valence-corrected chi connectivity index (χ0v) is 12.1. The first-order valence-electron chi connectivity index (χ1n) is 5.13. The monoisotopic (exact) mass is 360 g/mol. The maximum absolute atomic E-state index is 6.03. The van der Waals surface area contributed by atoms with Crippen LogP contribution in [0.15, 0.2) is 30.6 Å². The standard InChI is InChI=1S/C12H10ClIN2O/c1-2-8-5-10(3-4-11(8)13)17-12-15-6-9(14)7-16-12/h3-7H,2H2,1H3. The molecule has 17 heavy (non-hydrogen) atoms. The Hall–Kier alpha value is -0.880. The first-order valence-corrected chi connectivity index (χ1v) is 6.58. The van der Waals surface area contributed by atoms with Gasteiger partial charge in [0.1, 0.15) is 5.75 Å². The number of aryl methyl sites for hydroxylation is 1. The van der Waals surface area contributed by atoms with E-state index in [0.717, 1.165) is 20.6 Å². The molecule has 2 aromatic rings. The largest absolute Gasteiger partial charge is 0.424 e. The van der Waals surface area contributed by atoms with Crippen LogP contribution in [-0.4, -0.2) is 9.97 Å². The van der Waals surface area contributed by atoms with E-state index in [4.69, 9.17) is 16.3 Å². The van der Waals surface area contributed by atoms with Gasteiger partial charge in [-0.1, -0.05) is 18.5 Å². The quantitative estimate of drug-likeness (QED) is 0.773. The molecule has 0 aliphatic rings. The maximum Gasteiger partial charge on any atom is 0.321 e. The minimum absolute atomic E-state index is 0.342. The van der Waals surface area contributed by atoms with Gasteiger partial charge >= 0.3 is 6.01 Å². The zero-order valence-electron chi connectivity index (χ0n) is 9.15. The molecular formula is C12H10ClIN2O. The number of hydrogen-bond donors (Lipinski definition) is 0. The van der Waals surface area contributed by atoms with Crippen molar-refractivity contribution >= 4 is 34.2 Å². The lowest BCUT2D eigenvalue weighted by Gasteiger charge is -2.06. The Morgan fingerprint density at radius 3 is 2.65 bits per heavy atom. The van der Waals surface area contributed by atoms with E-state index < -0.39 is 0 Å². The van der Waals surface area contributed by atoms with Crippen molar-refractivity contribution in [1.82, 2.24) is 9.97 Å². The van der Waals surface area contributed by atoms with Gasteiger partial charge in [0.05, 0.1) is 0 Å². The van der Waals surface area contributed by atoms with Crippen molar-refractivity contribution in [3.8, 4) is 11.8 Å². The summed E-state index contributed by atoms with van der Waals surface area (Å²) in [5, 5.41) is 0.753. The number of hydrogen-bond acceptors (Lipinski definition) is 3. The molecule has 0 fully saturated rings. The maximum atomic E-state index is 6.03. The molecular weight excluding hydrogens is 351 g/mol. The summed E-state index contributed by atoms with van der Waals surface area (Å²) in [5.74, 6) is 0.701. The van der Waals surface area contributed by atoms with Gasteiger partial charge in [0, 0.05) is 21.0 Å². The Labute approximate surface area is 118 Å². The van der Waals surface area contributed by atoms with Crippen LogP contribution in [0.25, 0.3) is 0 Å². The van der Waals surface area contributed by atoms with Gasteiger partial charge in [0.15, 0.2) is 0 Å². The second-order valence-corrected chi connectivity index (χ2v) is 5.05. The third-order valence-corrected chi connectivity index (χ3v) is 3.13. The van der Waals surface area contributed by atoms with E-state index in [1.807, 2.05) is 25.1 Å². The predicted molar refractivity (Wildman–Crippen MR) is 75.7 cm³/mol. The molecule has 0 bridgehead atoms. The summed E-state index contributed by atoms with van der Waals surface area (Å²) in [4.78, 5) is 8.16. The van der Waals surface area contributed by atoms with E-state index in [0.29, 0.717) is 11.8 Å². The average molecular weight is 361 g/mol. The van der Waals surface area contributed by atoms with Crippen molar-refractivity contribution in [2.45, 2.75) is 13.3 Å². The third kappa shape index (κ3) is 3.29. The van der Waals surface area contributed by atoms with Crippen molar-refractivity contribution in [3.63, 3.8) is 0 Å². The van der Waals surface area contributed by atoms with Crippen LogP contribution in [0.5, 0.6) is 11.8 Å². The van der Waals surface area contributed by atoms with Crippen LogP contribution in [0.4, 0.5) is 0 Å². The number of nitrogens with zero attached hydrogens (tertiary/aromatic N) is 2. The smallest absolute Gasteiger partial charge is 0.321 e. The number of benzene rings is 1. The van der Waals surface area contributed by atoms with Gasteiger partial charge in [0.25, 0.3) is 0 Å². The van der Waals surface area contributed by atoms with Crippen LogP contribution in [-0.2, 0) is 6.42 Å². The Balaban J connectivity index is 2.21. The molecule has 5 heteroatoms. The lowest BCUT2D eigenvalue weighted by atomic mass is 10.1. The molecule has 0 spiro atoms. The Morgan fingerprint density at radius 1 is 1.29 bits per heavy atom. The van der Waals surface area contributed by atoms with Gasteiger partial charge in [-0.2, -0.15) is 0 Å². The highest BCUT2D eigenvalue weighted by Crippen LogP contribution is 2.25. The fraction of sp³-hybridized carbons (Fsp3) is 0.167. The summed E-state index contributed by atoms with van der Waals surface area (Å²) in [6.07, 6.45) is 4.28. The first-order chi connectivity index (χ1) is 8.19. The van der Waals surface area contributed by atoms with Crippen LogP contribution in [0.1, 0.15) is 12.5 Å². The zero-order chi connectivity index (χ0) is 12.3. The molecule has 0 radical (unpaired) electrons. The van der Waals surface area contributed by atoms with Crippen LogP contribution in [0, 0.1) is 3.57 Å². The van der Waals surface area contributed by atoms with Crippen molar-refractivity contribution in [3.05, 3.63) is 44.7 Å². The molecule has 1 aromatic carbocycles. The van der Waals surface area contributed by atoms with E-state index >= 15 is 0 Å². The Morgan fingerprint density at radius 2 is 2.00 bits per heavy atom. The first kappa shape index (κ1) is 12.6. The fourth-order valence-corrected chi connectivity index (χ4v) is 1.87. The summed E-state index contributed by atoms with van der Waals surface area (Å²) >= 11 is 8.18. The molecule has 0 saturated heterocycles. The molecule has 0 atom stereocenters. The number of rotatable bonds is 3. The van der Waals surface area contributed by atoms with Gasteiger partial charge in [-0.15, -0.1) is 0 Å². The summed E-state index contributed by atoms with van der Waals surface area (Å²) in [6.45, 7) is 2.05. The van der Waals surface area contributed by atoms with Gasteiger partial charge in [-0.05, 0) is 52.8 Å². The topological polar surface area (TPSA) is 35.0 Å². The van der Waals surface area contributed by atoms with E-state index in [-0.39, 0.29) is 0 Å². The molecule has 0 amide bonds. The predicted octanol–water partition coefficient (Wildman–Crippen LogP) is 4.09. The summed E-state index contributed by atoms with van der Waals surface area (Å²) in [6, 6.07) is 5.88. The Bertz CT molecular complexity index is 516. The molecule has 3 nitrogen and oxygen atoms in total. The van der Waals surface area contributed by atoms with Crippen LogP contribution >= 0.6 is 34.2 Å². The van der Waals surface area contributed by atoms with E-state index in [2.05, 4.69) is 32.6 Å². The highest BCUT2D eigenvalue weighted by Gasteiger charge is 2.04. The highest BCUT2D eigenvalue weighted by atomic mass is 127. The second-order valence-electron chi connectivity index (χ2n) is 3.39. The summed E-state index contributed by atoms with van der Waals surface area (Å²) in [7, 11) is 0. The molecule has 0 saturated carbocycles. The lowest BCUT2D eigenvalue weighted by Crippen LogP contribution is -1.93. The van der Waals surface area contributed by atoms with Crippen LogP contribution < -0.4 is 4.74 Å². The van der Waals surface area contributed by atoms with E-state index in [1.54, 1.807) is 12.4 Å². The SMILES string of the molecule is CCc1cc(Oc2ncc(I)cn2)ccc1Cl. The molecule has 1 aromatic heterocycles. The third-order valence-electron chi connectivity index (χ3n) is 2.20. The van der Waals surface area contributed by atoms with Gasteiger partial charge in [0.2, 0.25) is 0 Å². The van der Waals surface area contributed by atoms with Crippen LogP contribution in [0.2, 0.25) is 5.02 Å². The molecule has 0 aliphatic carbocycles. The van der Waals surface area contributed by atoms with Crippen molar-refractivity contribution in [2.75, 3.05) is 0 Å². The summed E-state index contributed by atoms with van der Waals surface area (Å²) in [5.41, 5.74) is 1.05. The van der Waals surface area contributed by atoms with Crippen molar-refractivity contribution < 1.29 is 4.74 Å². The molecule has 88 valence electrons.